The lowest BCUT2D eigenvalue weighted by atomic mass is 10.0. The van der Waals surface area contributed by atoms with Gasteiger partial charge in [-0.1, -0.05) is 36.4 Å². The van der Waals surface area contributed by atoms with Crippen molar-refractivity contribution in [3.05, 3.63) is 95.3 Å². The summed E-state index contributed by atoms with van der Waals surface area (Å²) in [5.74, 6) is -0.913. The Bertz CT molecular complexity index is 1180. The van der Waals surface area contributed by atoms with E-state index < -0.39 is 28.1 Å². The lowest BCUT2D eigenvalue weighted by Crippen LogP contribution is -2.37. The number of aryl methyl sites for hydroxylation is 1. The van der Waals surface area contributed by atoms with Crippen molar-refractivity contribution in [2.75, 3.05) is 5.32 Å². The normalized spacial score (nSPS) is 13.4. The zero-order chi connectivity index (χ0) is 22.6. The van der Waals surface area contributed by atoms with E-state index in [9.17, 15) is 22.7 Å². The smallest absolute Gasteiger partial charge is 0.255 e. The van der Waals surface area contributed by atoms with Crippen molar-refractivity contribution in [1.82, 2.24) is 4.72 Å². The molecule has 0 saturated heterocycles. The summed E-state index contributed by atoms with van der Waals surface area (Å²) in [6.07, 6.45) is -1.04. The van der Waals surface area contributed by atoms with Gasteiger partial charge in [-0.25, -0.2) is 17.5 Å². The van der Waals surface area contributed by atoms with E-state index in [4.69, 9.17) is 0 Å². The molecule has 3 N–H and O–H groups in total. The van der Waals surface area contributed by atoms with Crippen molar-refractivity contribution in [3.63, 3.8) is 0 Å². The number of anilines is 1. The first-order valence-corrected chi connectivity index (χ1v) is 11.1. The molecule has 0 aliphatic carbocycles. The minimum absolute atomic E-state index is 0.109. The molecule has 0 aromatic heterocycles. The average Bonchev–Trinajstić information content (AvgIpc) is 2.76. The number of aliphatic hydroxyl groups is 1. The first-order valence-electron chi connectivity index (χ1n) is 9.60. The fourth-order valence-electron chi connectivity index (χ4n) is 3.05. The van der Waals surface area contributed by atoms with Crippen LogP contribution >= 0.6 is 0 Å². The summed E-state index contributed by atoms with van der Waals surface area (Å²) in [6, 6.07) is 17.6. The molecule has 162 valence electrons. The summed E-state index contributed by atoms with van der Waals surface area (Å²) in [5.41, 5.74) is 1.49. The number of carbonyl (C=O) groups excluding carboxylic acids is 1. The molecule has 8 heteroatoms. The summed E-state index contributed by atoms with van der Waals surface area (Å²) in [5, 5.41) is 13.1. The van der Waals surface area contributed by atoms with Crippen LogP contribution in [0, 0.1) is 12.7 Å². The lowest BCUT2D eigenvalue weighted by Gasteiger charge is -2.20. The van der Waals surface area contributed by atoms with Crippen LogP contribution in [0.25, 0.3) is 0 Å². The Balaban J connectivity index is 1.76. The van der Waals surface area contributed by atoms with Crippen molar-refractivity contribution in [2.45, 2.75) is 30.9 Å². The van der Waals surface area contributed by atoms with E-state index in [0.717, 1.165) is 0 Å². The van der Waals surface area contributed by atoms with E-state index >= 15 is 0 Å². The summed E-state index contributed by atoms with van der Waals surface area (Å²) in [4.78, 5) is 12.4. The number of nitrogens with one attached hydrogen (secondary N) is 2. The minimum Gasteiger partial charge on any atom is -0.387 e. The number of aliphatic hydroxyl groups excluding tert-OH is 1. The highest BCUT2D eigenvalue weighted by molar-refractivity contribution is 7.89. The molecule has 0 aliphatic rings. The third kappa shape index (κ3) is 5.55. The highest BCUT2D eigenvalue weighted by Crippen LogP contribution is 2.20. The standard InChI is InChI=1S/C23H23FN2O4S/c1-15-13-19(11-12-21(15)24)25-23(28)18-9-6-10-20(14-18)31(29,30)26-16(2)22(27)17-7-4-3-5-8-17/h3-14,16,22,26-27H,1-2H3,(H,25,28)/t16-,22-/m1/s1. The Morgan fingerprint density at radius 3 is 2.39 bits per heavy atom. The van der Waals surface area contributed by atoms with Gasteiger partial charge in [0.1, 0.15) is 5.82 Å². The van der Waals surface area contributed by atoms with Crippen molar-refractivity contribution in [3.8, 4) is 0 Å². The first kappa shape index (κ1) is 22.6. The second-order valence-electron chi connectivity index (χ2n) is 7.21. The van der Waals surface area contributed by atoms with E-state index in [1.165, 1.54) is 42.5 Å². The number of carbonyl (C=O) groups is 1. The number of sulfonamides is 1. The van der Waals surface area contributed by atoms with Crippen LogP contribution < -0.4 is 10.0 Å². The van der Waals surface area contributed by atoms with Crippen molar-refractivity contribution < 1.29 is 22.7 Å². The monoisotopic (exact) mass is 442 g/mol. The second-order valence-corrected chi connectivity index (χ2v) is 8.93. The number of hydrogen-bond donors (Lipinski definition) is 3. The van der Waals surface area contributed by atoms with Gasteiger partial charge >= 0.3 is 0 Å². The van der Waals surface area contributed by atoms with Gasteiger partial charge in [0.15, 0.2) is 0 Å². The Hall–Kier alpha value is -3.07. The Morgan fingerprint density at radius 1 is 1.00 bits per heavy atom. The van der Waals surface area contributed by atoms with Gasteiger partial charge in [0.25, 0.3) is 5.91 Å². The highest BCUT2D eigenvalue weighted by atomic mass is 32.2. The topological polar surface area (TPSA) is 95.5 Å². The van der Waals surface area contributed by atoms with Gasteiger partial charge in [0.05, 0.1) is 11.0 Å². The Kier molecular flexibility index (Phi) is 6.84. The van der Waals surface area contributed by atoms with E-state index in [-0.39, 0.29) is 16.3 Å². The highest BCUT2D eigenvalue weighted by Gasteiger charge is 2.24. The molecule has 31 heavy (non-hydrogen) atoms. The summed E-state index contributed by atoms with van der Waals surface area (Å²) < 4.78 is 41.5. The van der Waals surface area contributed by atoms with Crippen LogP contribution in [0.1, 0.15) is 34.5 Å². The molecule has 0 aliphatic heterocycles. The van der Waals surface area contributed by atoms with Crippen LogP contribution in [-0.2, 0) is 10.0 Å². The number of rotatable bonds is 7. The van der Waals surface area contributed by atoms with Crippen molar-refractivity contribution in [2.24, 2.45) is 0 Å². The zero-order valence-corrected chi connectivity index (χ0v) is 17.9. The number of hydrogen-bond acceptors (Lipinski definition) is 4. The Morgan fingerprint density at radius 2 is 1.71 bits per heavy atom. The molecule has 0 fully saturated rings. The predicted octanol–water partition coefficient (Wildman–Crippen LogP) is 3.79. The number of amides is 1. The molecule has 0 radical (unpaired) electrons. The van der Waals surface area contributed by atoms with Crippen LogP contribution in [0.5, 0.6) is 0 Å². The molecule has 2 atom stereocenters. The third-order valence-corrected chi connectivity index (χ3v) is 6.33. The minimum atomic E-state index is -3.99. The van der Waals surface area contributed by atoms with Crippen molar-refractivity contribution >= 4 is 21.6 Å². The summed E-state index contributed by atoms with van der Waals surface area (Å²) in [6.45, 7) is 3.14. The molecule has 6 nitrogen and oxygen atoms in total. The molecule has 3 aromatic carbocycles. The molecule has 0 saturated carbocycles. The largest absolute Gasteiger partial charge is 0.387 e. The summed E-state index contributed by atoms with van der Waals surface area (Å²) in [7, 11) is -3.99. The molecule has 3 rings (SSSR count). The number of benzene rings is 3. The van der Waals surface area contributed by atoms with E-state index in [2.05, 4.69) is 10.0 Å². The van der Waals surface area contributed by atoms with Gasteiger partial charge in [-0.3, -0.25) is 4.79 Å². The van der Waals surface area contributed by atoms with Crippen LogP contribution in [0.3, 0.4) is 0 Å². The first-order chi connectivity index (χ1) is 14.7. The van der Waals surface area contributed by atoms with Crippen LogP contribution in [-0.4, -0.2) is 25.5 Å². The average molecular weight is 443 g/mol. The predicted molar refractivity (Wildman–Crippen MR) is 117 cm³/mol. The van der Waals surface area contributed by atoms with Gasteiger partial charge < -0.3 is 10.4 Å². The maximum Gasteiger partial charge on any atom is 0.255 e. The maximum atomic E-state index is 13.4. The molecule has 0 unspecified atom stereocenters. The van der Waals surface area contributed by atoms with Gasteiger partial charge in [-0.15, -0.1) is 0 Å². The molecular formula is C23H23FN2O4S. The van der Waals surface area contributed by atoms with Gasteiger partial charge in [-0.2, -0.15) is 0 Å². The van der Waals surface area contributed by atoms with Gasteiger partial charge in [0, 0.05) is 17.3 Å². The van der Waals surface area contributed by atoms with Crippen LogP contribution in [0.2, 0.25) is 0 Å². The maximum absolute atomic E-state index is 13.4. The molecule has 0 spiro atoms. The van der Waals surface area contributed by atoms with Gasteiger partial charge in [-0.05, 0) is 61.4 Å². The Labute approximate surface area is 180 Å². The van der Waals surface area contributed by atoms with Crippen LogP contribution in [0.4, 0.5) is 10.1 Å². The fraction of sp³-hybridized carbons (Fsp3) is 0.174. The molecular weight excluding hydrogens is 419 g/mol. The second kappa shape index (κ2) is 9.38. The molecule has 3 aromatic rings. The lowest BCUT2D eigenvalue weighted by molar-refractivity contribution is 0.102. The van der Waals surface area contributed by atoms with E-state index in [0.29, 0.717) is 16.8 Å². The molecule has 0 heterocycles. The fourth-order valence-corrected chi connectivity index (χ4v) is 4.34. The number of halogens is 1. The van der Waals surface area contributed by atoms with Crippen molar-refractivity contribution in [1.29, 1.82) is 0 Å². The summed E-state index contributed by atoms with van der Waals surface area (Å²) >= 11 is 0. The third-order valence-electron chi connectivity index (χ3n) is 4.78. The quantitative estimate of drug-likeness (QED) is 0.519. The SMILES string of the molecule is Cc1cc(NC(=O)c2cccc(S(=O)(=O)N[C@H](C)[C@@H](O)c3ccccc3)c2)ccc1F. The molecule has 1 amide bonds. The molecule has 0 bridgehead atoms. The van der Waals surface area contributed by atoms with Crippen LogP contribution in [0.15, 0.2) is 77.7 Å². The zero-order valence-electron chi connectivity index (χ0n) is 17.0. The van der Waals surface area contributed by atoms with E-state index in [1.54, 1.807) is 44.2 Å². The van der Waals surface area contributed by atoms with E-state index in [1.807, 2.05) is 0 Å². The van der Waals surface area contributed by atoms with Gasteiger partial charge in [0.2, 0.25) is 10.0 Å².